The molecule has 0 aromatic heterocycles. The molecular weight excluding hydrogens is 378 g/mol. The number of carbonyl (C=O) groups excluding carboxylic acids is 2. The molecule has 8 heteroatoms. The molecule has 0 heterocycles. The Labute approximate surface area is 168 Å². The molecule has 2 aromatic carbocycles. The average Bonchev–Trinajstić information content (AvgIpc) is 2.70. The predicted octanol–water partition coefficient (Wildman–Crippen LogP) is 2.36. The number of hydrazine groups is 1. The molecule has 0 saturated carbocycles. The van der Waals surface area contributed by atoms with Gasteiger partial charge in [-0.25, -0.2) is 0 Å². The molecule has 2 rings (SSSR count). The number of rotatable bonds is 5. The quantitative estimate of drug-likeness (QED) is 0.406. The first-order valence-corrected chi connectivity index (χ1v) is 8.72. The van der Waals surface area contributed by atoms with Crippen LogP contribution in [0.2, 0.25) is 0 Å². The molecule has 0 atom stereocenters. The maximum Gasteiger partial charge on any atom is 0.269 e. The molecule has 0 fully saturated rings. The Hall–Kier alpha value is -3.39. The van der Waals surface area contributed by atoms with E-state index in [1.54, 1.807) is 43.5 Å². The number of thiocarbonyl (C=S) groups is 1. The predicted molar refractivity (Wildman–Crippen MR) is 111 cm³/mol. The number of aryl methyl sites for hydroxylation is 1. The number of amides is 2. The van der Waals surface area contributed by atoms with E-state index in [4.69, 9.17) is 21.7 Å². The molecule has 0 unspecified atom stereocenters. The minimum atomic E-state index is -0.447. The highest BCUT2D eigenvalue weighted by Crippen LogP contribution is 2.27. The highest BCUT2D eigenvalue weighted by Gasteiger charge is 2.09. The Kier molecular flexibility index (Phi) is 7.53. The SMILES string of the molecule is COc1ccc(C=CC(=O)NC(=S)NNC(=O)c2ccccc2C)cc1OC. The molecule has 0 aliphatic heterocycles. The number of hydrogen-bond acceptors (Lipinski definition) is 5. The molecule has 0 aliphatic rings. The maximum atomic E-state index is 12.1. The van der Waals surface area contributed by atoms with Gasteiger partial charge in [-0.1, -0.05) is 24.3 Å². The van der Waals surface area contributed by atoms with Gasteiger partial charge in [-0.3, -0.25) is 25.8 Å². The third-order valence-electron chi connectivity index (χ3n) is 3.75. The van der Waals surface area contributed by atoms with Crippen LogP contribution >= 0.6 is 12.2 Å². The first-order chi connectivity index (χ1) is 13.4. The molecule has 0 radical (unpaired) electrons. The monoisotopic (exact) mass is 399 g/mol. The number of carbonyl (C=O) groups is 2. The highest BCUT2D eigenvalue weighted by atomic mass is 32.1. The fraction of sp³-hybridized carbons (Fsp3) is 0.150. The Morgan fingerprint density at radius 2 is 1.71 bits per heavy atom. The summed E-state index contributed by atoms with van der Waals surface area (Å²) < 4.78 is 10.4. The number of hydrogen-bond donors (Lipinski definition) is 3. The Balaban J connectivity index is 1.87. The van der Waals surface area contributed by atoms with Gasteiger partial charge in [0.25, 0.3) is 5.91 Å². The minimum absolute atomic E-state index is 0.0242. The van der Waals surface area contributed by atoms with Crippen LogP contribution in [0.3, 0.4) is 0 Å². The molecule has 0 bridgehead atoms. The summed E-state index contributed by atoms with van der Waals surface area (Å²) in [7, 11) is 3.08. The van der Waals surface area contributed by atoms with Gasteiger partial charge in [-0.05, 0) is 54.5 Å². The van der Waals surface area contributed by atoms with Crippen molar-refractivity contribution in [2.24, 2.45) is 0 Å². The van der Waals surface area contributed by atoms with Crippen LogP contribution in [0.5, 0.6) is 11.5 Å². The number of ether oxygens (including phenoxy) is 2. The van der Waals surface area contributed by atoms with Gasteiger partial charge < -0.3 is 9.47 Å². The second-order valence-corrected chi connectivity index (χ2v) is 6.07. The zero-order valence-electron chi connectivity index (χ0n) is 15.7. The Morgan fingerprint density at radius 3 is 2.39 bits per heavy atom. The smallest absolute Gasteiger partial charge is 0.269 e. The lowest BCUT2D eigenvalue weighted by Crippen LogP contribution is -2.48. The van der Waals surface area contributed by atoms with Gasteiger partial charge >= 0.3 is 0 Å². The molecule has 0 aliphatic carbocycles. The fourth-order valence-corrected chi connectivity index (χ4v) is 2.47. The lowest BCUT2D eigenvalue weighted by Gasteiger charge is -2.11. The fourth-order valence-electron chi connectivity index (χ4n) is 2.32. The van der Waals surface area contributed by atoms with Gasteiger partial charge in [0.15, 0.2) is 16.6 Å². The topological polar surface area (TPSA) is 88.7 Å². The number of nitrogens with one attached hydrogen (secondary N) is 3. The van der Waals surface area contributed by atoms with Crippen molar-refractivity contribution < 1.29 is 19.1 Å². The van der Waals surface area contributed by atoms with Gasteiger partial charge in [0.05, 0.1) is 14.2 Å². The van der Waals surface area contributed by atoms with Crippen molar-refractivity contribution >= 4 is 35.2 Å². The summed E-state index contributed by atoms with van der Waals surface area (Å²) in [6.07, 6.45) is 2.92. The largest absolute Gasteiger partial charge is 0.493 e. The molecule has 146 valence electrons. The summed E-state index contributed by atoms with van der Waals surface area (Å²) in [5.41, 5.74) is 7.04. The molecule has 0 saturated heterocycles. The van der Waals surface area contributed by atoms with E-state index in [1.165, 1.54) is 13.2 Å². The van der Waals surface area contributed by atoms with Crippen LogP contribution < -0.4 is 25.6 Å². The summed E-state index contributed by atoms with van der Waals surface area (Å²) in [6.45, 7) is 1.83. The lowest BCUT2D eigenvalue weighted by molar-refractivity contribution is -0.115. The van der Waals surface area contributed by atoms with Gasteiger partial charge in [0.1, 0.15) is 0 Å². The minimum Gasteiger partial charge on any atom is -0.493 e. The van der Waals surface area contributed by atoms with Gasteiger partial charge in [-0.15, -0.1) is 0 Å². The van der Waals surface area contributed by atoms with Crippen LogP contribution in [0.25, 0.3) is 6.08 Å². The van der Waals surface area contributed by atoms with Gasteiger partial charge in [0, 0.05) is 11.6 Å². The maximum absolute atomic E-state index is 12.1. The third kappa shape index (κ3) is 5.82. The van der Waals surface area contributed by atoms with E-state index < -0.39 is 5.91 Å². The van der Waals surface area contributed by atoms with Crippen LogP contribution in [0, 0.1) is 6.92 Å². The Bertz CT molecular complexity index is 912. The van der Waals surface area contributed by atoms with E-state index in [9.17, 15) is 9.59 Å². The van der Waals surface area contributed by atoms with Crippen molar-refractivity contribution in [3.63, 3.8) is 0 Å². The first-order valence-electron chi connectivity index (χ1n) is 8.31. The summed E-state index contributed by atoms with van der Waals surface area (Å²) >= 11 is 5.01. The third-order valence-corrected chi connectivity index (χ3v) is 3.95. The van der Waals surface area contributed by atoms with E-state index >= 15 is 0 Å². The van der Waals surface area contributed by atoms with Crippen LogP contribution in [-0.2, 0) is 4.79 Å². The lowest BCUT2D eigenvalue weighted by atomic mass is 10.1. The van der Waals surface area contributed by atoms with E-state index in [2.05, 4.69) is 16.2 Å². The van der Waals surface area contributed by atoms with E-state index in [-0.39, 0.29) is 11.0 Å². The van der Waals surface area contributed by atoms with Crippen molar-refractivity contribution in [1.82, 2.24) is 16.2 Å². The van der Waals surface area contributed by atoms with E-state index in [1.807, 2.05) is 19.1 Å². The molecule has 28 heavy (non-hydrogen) atoms. The average molecular weight is 399 g/mol. The highest BCUT2D eigenvalue weighted by molar-refractivity contribution is 7.80. The Morgan fingerprint density at radius 1 is 1.00 bits per heavy atom. The van der Waals surface area contributed by atoms with Crippen LogP contribution in [0.15, 0.2) is 48.5 Å². The standard InChI is InChI=1S/C20H21N3O4S/c1-13-6-4-5-7-15(13)19(25)22-23-20(28)21-18(24)11-9-14-8-10-16(26-2)17(12-14)27-3/h4-12H,1-3H3,(H,22,25)(H2,21,23,24,28). The van der Waals surface area contributed by atoms with Gasteiger partial charge in [-0.2, -0.15) is 0 Å². The zero-order chi connectivity index (χ0) is 20.5. The molecule has 7 nitrogen and oxygen atoms in total. The van der Waals surface area contributed by atoms with Gasteiger partial charge in [0.2, 0.25) is 5.91 Å². The summed E-state index contributed by atoms with van der Waals surface area (Å²) in [5, 5.41) is 2.42. The summed E-state index contributed by atoms with van der Waals surface area (Å²) in [5.74, 6) is 0.355. The number of benzene rings is 2. The van der Waals surface area contributed by atoms with Crippen molar-refractivity contribution in [2.75, 3.05) is 14.2 Å². The second-order valence-electron chi connectivity index (χ2n) is 5.66. The van der Waals surface area contributed by atoms with Crippen LogP contribution in [0.4, 0.5) is 0 Å². The second kappa shape index (κ2) is 10.1. The van der Waals surface area contributed by atoms with Crippen molar-refractivity contribution in [1.29, 1.82) is 0 Å². The molecule has 2 aromatic rings. The summed E-state index contributed by atoms with van der Waals surface area (Å²) in [6, 6.07) is 12.4. The molecular formula is C20H21N3O4S. The number of methoxy groups -OCH3 is 2. The van der Waals surface area contributed by atoms with Crippen LogP contribution in [-0.4, -0.2) is 31.1 Å². The van der Waals surface area contributed by atoms with E-state index in [0.717, 1.165) is 11.1 Å². The zero-order valence-corrected chi connectivity index (χ0v) is 16.6. The first kappa shape index (κ1) is 20.9. The van der Waals surface area contributed by atoms with Crippen molar-refractivity contribution in [3.8, 4) is 11.5 Å². The molecule has 2 amide bonds. The van der Waals surface area contributed by atoms with Crippen molar-refractivity contribution in [3.05, 3.63) is 65.2 Å². The normalized spacial score (nSPS) is 10.2. The van der Waals surface area contributed by atoms with E-state index in [0.29, 0.717) is 17.1 Å². The summed E-state index contributed by atoms with van der Waals surface area (Å²) in [4.78, 5) is 24.1. The van der Waals surface area contributed by atoms with Crippen LogP contribution in [0.1, 0.15) is 21.5 Å². The molecule has 0 spiro atoms. The van der Waals surface area contributed by atoms with Crippen molar-refractivity contribution in [2.45, 2.75) is 6.92 Å². The molecule has 3 N–H and O–H groups in total.